The highest BCUT2D eigenvalue weighted by atomic mass is 35.5. The second-order valence-corrected chi connectivity index (χ2v) is 10.1. The van der Waals surface area contributed by atoms with E-state index in [4.69, 9.17) is 27.9 Å². The summed E-state index contributed by atoms with van der Waals surface area (Å²) >= 11 is 12.1. The zero-order valence-corrected chi connectivity index (χ0v) is 21.7. The molecule has 0 aliphatic rings. The van der Waals surface area contributed by atoms with Crippen LogP contribution in [0.25, 0.3) is 10.8 Å². The molecule has 0 aliphatic carbocycles. The molecular weight excluding hydrogens is 541 g/mol. The average Bonchev–Trinajstić information content (AvgIpc) is 2.85. The minimum absolute atomic E-state index is 0.0908. The van der Waals surface area contributed by atoms with E-state index >= 15 is 0 Å². The molecule has 0 aromatic heterocycles. The molecule has 0 heterocycles. The van der Waals surface area contributed by atoms with E-state index in [1.807, 2.05) is 0 Å². The number of benzene rings is 4. The van der Waals surface area contributed by atoms with Gasteiger partial charge in [0, 0.05) is 21.5 Å². The predicted molar refractivity (Wildman–Crippen MR) is 142 cm³/mol. The van der Waals surface area contributed by atoms with E-state index in [2.05, 4.69) is 15.5 Å². The lowest BCUT2D eigenvalue weighted by atomic mass is 10.0. The Morgan fingerprint density at radius 1 is 1.00 bits per heavy atom. The molecule has 0 fully saturated rings. The number of rotatable bonds is 6. The number of hydrogen-bond acceptors (Lipinski definition) is 7. The van der Waals surface area contributed by atoms with Crippen molar-refractivity contribution in [1.29, 1.82) is 0 Å². The van der Waals surface area contributed by atoms with Crippen LogP contribution in [0.4, 0.5) is 17.1 Å². The van der Waals surface area contributed by atoms with Gasteiger partial charge in [0.05, 0.1) is 18.4 Å². The number of carbonyl (C=O) groups excluding carboxylic acids is 1. The van der Waals surface area contributed by atoms with Gasteiger partial charge in [0.2, 0.25) is 0 Å². The summed E-state index contributed by atoms with van der Waals surface area (Å²) in [4.78, 5) is 12.7. The molecule has 0 atom stereocenters. The number of azo groups is 1. The first kappa shape index (κ1) is 26.4. The Bertz CT molecular complexity index is 1690. The molecule has 4 aromatic carbocycles. The number of phenolic OH excluding ortho intramolecular Hbond substituents is 1. The molecule has 9 nitrogen and oxygen atoms in total. The highest BCUT2D eigenvalue weighted by Crippen LogP contribution is 2.41. The van der Waals surface area contributed by atoms with Gasteiger partial charge in [0.15, 0.2) is 5.75 Å². The van der Waals surface area contributed by atoms with Gasteiger partial charge in [-0.2, -0.15) is 8.42 Å². The van der Waals surface area contributed by atoms with Crippen LogP contribution in [-0.4, -0.2) is 31.1 Å². The van der Waals surface area contributed by atoms with Crippen molar-refractivity contribution in [2.24, 2.45) is 10.2 Å². The zero-order valence-electron chi connectivity index (χ0n) is 19.4. The molecule has 12 heteroatoms. The van der Waals surface area contributed by atoms with Gasteiger partial charge < -0.3 is 15.2 Å². The van der Waals surface area contributed by atoms with Crippen LogP contribution in [0.2, 0.25) is 10.0 Å². The van der Waals surface area contributed by atoms with Gasteiger partial charge in [-0.1, -0.05) is 47.5 Å². The second-order valence-electron chi connectivity index (χ2n) is 7.84. The van der Waals surface area contributed by atoms with Gasteiger partial charge in [-0.05, 0) is 48.2 Å². The number of methoxy groups -OCH3 is 1. The molecule has 0 saturated heterocycles. The van der Waals surface area contributed by atoms with Crippen LogP contribution in [0.5, 0.6) is 11.5 Å². The van der Waals surface area contributed by atoms with Crippen LogP contribution < -0.4 is 10.1 Å². The normalized spacial score (nSPS) is 11.7. The molecule has 4 aromatic rings. The lowest BCUT2D eigenvalue weighted by Gasteiger charge is -2.13. The standard InChI is InChI=1S/C25H19Cl2N3O6S/c1-13-18(27)8-10-21(37(33,34)35)22(13)29-30-23-16-6-4-3-5-14(16)11-17(24(23)31)25(32)28-19-9-7-15(26)12-20(19)36-2/h3-12,31H,1-2H3,(H,28,32)(H,33,34,35). The van der Waals surface area contributed by atoms with E-state index in [0.717, 1.165) is 6.07 Å². The number of aromatic hydroxyl groups is 1. The van der Waals surface area contributed by atoms with Gasteiger partial charge in [0.1, 0.15) is 22.0 Å². The number of phenols is 1. The van der Waals surface area contributed by atoms with Gasteiger partial charge in [-0.3, -0.25) is 9.35 Å². The lowest BCUT2D eigenvalue weighted by Crippen LogP contribution is -2.13. The maximum atomic E-state index is 13.2. The fourth-order valence-corrected chi connectivity index (χ4v) is 4.63. The fraction of sp³-hybridized carbons (Fsp3) is 0.0800. The zero-order chi connectivity index (χ0) is 26.9. The first-order valence-electron chi connectivity index (χ1n) is 10.6. The van der Waals surface area contributed by atoms with Crippen molar-refractivity contribution in [2.75, 3.05) is 12.4 Å². The number of amides is 1. The van der Waals surface area contributed by atoms with Crippen LogP contribution in [0.3, 0.4) is 0 Å². The number of anilines is 1. The Balaban J connectivity index is 1.86. The molecule has 3 N–H and O–H groups in total. The van der Waals surface area contributed by atoms with Crippen LogP contribution in [0.1, 0.15) is 15.9 Å². The molecule has 0 saturated carbocycles. The lowest BCUT2D eigenvalue weighted by molar-refractivity contribution is 0.102. The van der Waals surface area contributed by atoms with Gasteiger partial charge in [-0.25, -0.2) is 0 Å². The number of carbonyl (C=O) groups is 1. The highest BCUT2D eigenvalue weighted by Gasteiger charge is 2.22. The highest BCUT2D eigenvalue weighted by molar-refractivity contribution is 7.86. The number of halogens is 2. The smallest absolute Gasteiger partial charge is 0.296 e. The summed E-state index contributed by atoms with van der Waals surface area (Å²) in [5.74, 6) is -0.853. The van der Waals surface area contributed by atoms with Crippen LogP contribution in [0.15, 0.2) is 75.8 Å². The van der Waals surface area contributed by atoms with E-state index in [1.165, 1.54) is 32.2 Å². The third kappa shape index (κ3) is 5.37. The van der Waals surface area contributed by atoms with Gasteiger partial charge >= 0.3 is 0 Å². The number of hydrogen-bond donors (Lipinski definition) is 3. The fourth-order valence-electron chi connectivity index (χ4n) is 3.63. The van der Waals surface area contributed by atoms with Crippen molar-refractivity contribution < 1.29 is 27.6 Å². The Morgan fingerprint density at radius 2 is 1.70 bits per heavy atom. The predicted octanol–water partition coefficient (Wildman–Crippen LogP) is 7.08. The molecule has 37 heavy (non-hydrogen) atoms. The molecule has 0 spiro atoms. The Kier molecular flexibility index (Phi) is 7.37. The molecule has 0 bridgehead atoms. The summed E-state index contributed by atoms with van der Waals surface area (Å²) < 4.78 is 38.7. The van der Waals surface area contributed by atoms with Crippen molar-refractivity contribution in [3.05, 3.63) is 81.8 Å². The summed E-state index contributed by atoms with van der Waals surface area (Å²) in [7, 11) is -3.23. The summed E-state index contributed by atoms with van der Waals surface area (Å²) in [5, 5.41) is 23.5. The molecule has 0 radical (unpaired) electrons. The van der Waals surface area contributed by atoms with Crippen molar-refractivity contribution in [2.45, 2.75) is 11.8 Å². The molecule has 190 valence electrons. The minimum Gasteiger partial charge on any atom is -0.505 e. The third-order valence-electron chi connectivity index (χ3n) is 5.51. The molecule has 1 amide bonds. The van der Waals surface area contributed by atoms with E-state index in [-0.39, 0.29) is 27.5 Å². The van der Waals surface area contributed by atoms with Gasteiger partial charge in [-0.15, -0.1) is 10.2 Å². The second kappa shape index (κ2) is 10.3. The van der Waals surface area contributed by atoms with E-state index < -0.39 is 26.7 Å². The van der Waals surface area contributed by atoms with Crippen molar-refractivity contribution in [1.82, 2.24) is 0 Å². The van der Waals surface area contributed by atoms with Gasteiger partial charge in [0.25, 0.3) is 16.0 Å². The maximum Gasteiger partial charge on any atom is 0.296 e. The Labute approximate surface area is 222 Å². The average molecular weight is 560 g/mol. The van der Waals surface area contributed by atoms with E-state index in [0.29, 0.717) is 27.2 Å². The summed E-state index contributed by atoms with van der Waals surface area (Å²) in [6, 6.07) is 15.3. The van der Waals surface area contributed by atoms with Crippen LogP contribution in [-0.2, 0) is 10.1 Å². The quantitative estimate of drug-likeness (QED) is 0.170. The molecule has 0 aliphatic heterocycles. The summed E-state index contributed by atoms with van der Waals surface area (Å²) in [5.41, 5.74) is 0.141. The summed E-state index contributed by atoms with van der Waals surface area (Å²) in [6.07, 6.45) is 0. The van der Waals surface area contributed by atoms with Crippen LogP contribution >= 0.6 is 23.2 Å². The van der Waals surface area contributed by atoms with E-state index in [1.54, 1.807) is 36.4 Å². The number of fused-ring (bicyclic) bond motifs is 1. The van der Waals surface area contributed by atoms with Crippen molar-refractivity contribution in [3.63, 3.8) is 0 Å². The van der Waals surface area contributed by atoms with Crippen LogP contribution in [0, 0.1) is 6.92 Å². The first-order chi connectivity index (χ1) is 17.5. The Morgan fingerprint density at radius 3 is 2.41 bits per heavy atom. The molecule has 4 rings (SSSR count). The SMILES string of the molecule is COc1cc(Cl)ccc1NC(=O)c1cc2ccccc2c(N=Nc2c(S(=O)(=O)O)ccc(Cl)c2C)c1O. The molecule has 0 unspecified atom stereocenters. The third-order valence-corrected chi connectivity index (χ3v) is 7.04. The monoisotopic (exact) mass is 559 g/mol. The first-order valence-corrected chi connectivity index (χ1v) is 12.8. The molecular formula is C25H19Cl2N3O6S. The maximum absolute atomic E-state index is 13.2. The van der Waals surface area contributed by atoms with Crippen molar-refractivity contribution in [3.8, 4) is 11.5 Å². The number of ether oxygens (including phenoxy) is 1. The topological polar surface area (TPSA) is 138 Å². The van der Waals surface area contributed by atoms with E-state index in [9.17, 15) is 22.9 Å². The largest absolute Gasteiger partial charge is 0.505 e. The number of nitrogens with one attached hydrogen (secondary N) is 1. The van der Waals surface area contributed by atoms with Crippen molar-refractivity contribution >= 4 is 67.1 Å². The minimum atomic E-state index is -4.66. The summed E-state index contributed by atoms with van der Waals surface area (Å²) in [6.45, 7) is 1.51. The number of nitrogens with zero attached hydrogens (tertiary/aromatic N) is 2. The Hall–Kier alpha value is -3.70.